The van der Waals surface area contributed by atoms with Crippen LogP contribution in [0.1, 0.15) is 41.3 Å². The Balaban J connectivity index is 1.80. The number of nitrogens with zero attached hydrogens (tertiary/aromatic N) is 1. The van der Waals surface area contributed by atoms with Crippen molar-refractivity contribution >= 4 is 40.7 Å². The summed E-state index contributed by atoms with van der Waals surface area (Å²) in [6.07, 6.45) is 1.98. The molecular formula is C23H27ClN4O3. The molecule has 2 amide bonds. The van der Waals surface area contributed by atoms with Crippen LogP contribution in [0.3, 0.4) is 0 Å². The molecule has 1 heterocycles. The summed E-state index contributed by atoms with van der Waals surface area (Å²) in [6, 6.07) is 10.7. The van der Waals surface area contributed by atoms with E-state index in [1.54, 1.807) is 18.2 Å². The molecule has 0 unspecified atom stereocenters. The largest absolute Gasteiger partial charge is 0.376 e. The van der Waals surface area contributed by atoms with E-state index >= 15 is 0 Å². The second-order valence-corrected chi connectivity index (χ2v) is 8.00. The second kappa shape index (κ2) is 10.4. The summed E-state index contributed by atoms with van der Waals surface area (Å²) < 4.78 is 5.63. The Labute approximate surface area is 187 Å². The van der Waals surface area contributed by atoms with Gasteiger partial charge in [-0.1, -0.05) is 23.7 Å². The monoisotopic (exact) mass is 442 g/mol. The van der Waals surface area contributed by atoms with Gasteiger partial charge < -0.3 is 15.4 Å². The van der Waals surface area contributed by atoms with E-state index in [0.717, 1.165) is 30.6 Å². The molecule has 1 saturated heterocycles. The van der Waals surface area contributed by atoms with Crippen LogP contribution in [-0.2, 0) is 9.53 Å². The summed E-state index contributed by atoms with van der Waals surface area (Å²) in [5.41, 5.74) is 3.52. The number of nitrogens with one attached hydrogen (secondary N) is 3. The molecule has 1 aliphatic heterocycles. The lowest BCUT2D eigenvalue weighted by Gasteiger charge is -2.15. The van der Waals surface area contributed by atoms with Gasteiger partial charge in [-0.25, -0.2) is 4.99 Å². The Hall–Kier alpha value is -2.90. The molecule has 0 aliphatic carbocycles. The van der Waals surface area contributed by atoms with E-state index in [1.807, 2.05) is 32.0 Å². The van der Waals surface area contributed by atoms with Crippen LogP contribution in [0.5, 0.6) is 0 Å². The summed E-state index contributed by atoms with van der Waals surface area (Å²) in [6.45, 7) is 6.40. The molecule has 0 bridgehead atoms. The number of aryl methyl sites for hydroxylation is 2. The Kier molecular flexibility index (Phi) is 7.65. The van der Waals surface area contributed by atoms with E-state index in [-0.39, 0.29) is 23.9 Å². The number of benzene rings is 2. The van der Waals surface area contributed by atoms with Crippen LogP contribution in [0.4, 0.5) is 11.4 Å². The Morgan fingerprint density at radius 3 is 2.61 bits per heavy atom. The number of hydrogen-bond acceptors (Lipinski definition) is 4. The molecule has 8 heteroatoms. The zero-order chi connectivity index (χ0) is 22.4. The third-order valence-electron chi connectivity index (χ3n) is 4.90. The van der Waals surface area contributed by atoms with E-state index in [9.17, 15) is 9.59 Å². The lowest BCUT2D eigenvalue weighted by atomic mass is 10.1. The fourth-order valence-corrected chi connectivity index (χ4v) is 3.49. The van der Waals surface area contributed by atoms with E-state index < -0.39 is 0 Å². The maximum atomic E-state index is 12.9. The quantitative estimate of drug-likeness (QED) is 0.475. The van der Waals surface area contributed by atoms with Gasteiger partial charge >= 0.3 is 0 Å². The van der Waals surface area contributed by atoms with E-state index in [2.05, 4.69) is 20.9 Å². The third-order valence-corrected chi connectivity index (χ3v) is 5.21. The number of guanidine groups is 1. The minimum atomic E-state index is -0.353. The summed E-state index contributed by atoms with van der Waals surface area (Å²) in [5, 5.41) is 9.21. The van der Waals surface area contributed by atoms with Gasteiger partial charge in [0.1, 0.15) is 0 Å². The highest BCUT2D eigenvalue weighted by Crippen LogP contribution is 2.23. The Bertz CT molecular complexity index is 1000. The van der Waals surface area contributed by atoms with Gasteiger partial charge in [0.2, 0.25) is 11.9 Å². The number of carbonyl (C=O) groups excluding carboxylic acids is 2. The summed E-state index contributed by atoms with van der Waals surface area (Å²) >= 11 is 6.35. The highest BCUT2D eigenvalue weighted by Gasteiger charge is 2.17. The van der Waals surface area contributed by atoms with Gasteiger partial charge in [-0.3, -0.25) is 14.9 Å². The van der Waals surface area contributed by atoms with Gasteiger partial charge in [0.05, 0.1) is 23.4 Å². The molecule has 3 rings (SSSR count). The molecule has 0 saturated carbocycles. The first-order valence-corrected chi connectivity index (χ1v) is 10.6. The van der Waals surface area contributed by atoms with Crippen LogP contribution >= 0.6 is 11.6 Å². The zero-order valence-corrected chi connectivity index (χ0v) is 18.7. The van der Waals surface area contributed by atoms with Crippen molar-refractivity contribution < 1.29 is 14.3 Å². The fourth-order valence-electron chi connectivity index (χ4n) is 3.21. The molecule has 1 atom stereocenters. The normalized spacial score (nSPS) is 16.1. The molecule has 0 spiro atoms. The molecular weight excluding hydrogens is 416 g/mol. The summed E-state index contributed by atoms with van der Waals surface area (Å²) in [5.74, 6) is -0.267. The van der Waals surface area contributed by atoms with E-state index in [1.165, 1.54) is 6.92 Å². The fraction of sp³-hybridized carbons (Fsp3) is 0.348. The van der Waals surface area contributed by atoms with Crippen molar-refractivity contribution in [1.29, 1.82) is 0 Å². The molecule has 31 heavy (non-hydrogen) atoms. The van der Waals surface area contributed by atoms with Crippen molar-refractivity contribution in [3.8, 4) is 0 Å². The smallest absolute Gasteiger partial charge is 0.258 e. The van der Waals surface area contributed by atoms with Crippen molar-refractivity contribution in [2.75, 3.05) is 23.8 Å². The minimum Gasteiger partial charge on any atom is -0.376 e. The van der Waals surface area contributed by atoms with Gasteiger partial charge in [0.25, 0.3) is 5.91 Å². The number of anilines is 2. The summed E-state index contributed by atoms with van der Waals surface area (Å²) in [4.78, 5) is 28.9. The van der Waals surface area contributed by atoms with Crippen molar-refractivity contribution in [2.45, 2.75) is 39.7 Å². The standard InChI is InChI=1S/C23H27ClN4O3/c1-14-6-9-20(19(24)11-14)27-23(25-13-18-5-4-10-31-18)28-22(30)17-8-7-15(2)21(12-17)26-16(3)29/h6-9,11-12,18H,4-5,10,13H2,1-3H3,(H,26,29)(H2,25,27,28,30)/t18-/m0/s1. The molecule has 7 nitrogen and oxygen atoms in total. The number of aliphatic imine (C=N–C) groups is 1. The van der Waals surface area contributed by atoms with Crippen molar-refractivity contribution in [3.63, 3.8) is 0 Å². The van der Waals surface area contributed by atoms with Crippen LogP contribution in [0.25, 0.3) is 0 Å². The highest BCUT2D eigenvalue weighted by molar-refractivity contribution is 6.34. The molecule has 2 aromatic carbocycles. The van der Waals surface area contributed by atoms with Crippen LogP contribution in [0.15, 0.2) is 41.4 Å². The molecule has 0 aromatic heterocycles. The van der Waals surface area contributed by atoms with Crippen LogP contribution in [0.2, 0.25) is 5.02 Å². The number of rotatable bonds is 5. The van der Waals surface area contributed by atoms with Gasteiger partial charge in [-0.2, -0.15) is 0 Å². The number of amides is 2. The van der Waals surface area contributed by atoms with Crippen LogP contribution < -0.4 is 16.0 Å². The first-order valence-electron chi connectivity index (χ1n) is 10.2. The first-order chi connectivity index (χ1) is 14.8. The molecule has 164 valence electrons. The number of ether oxygens (including phenoxy) is 1. The zero-order valence-electron chi connectivity index (χ0n) is 17.9. The van der Waals surface area contributed by atoms with Crippen LogP contribution in [-0.4, -0.2) is 37.0 Å². The topological polar surface area (TPSA) is 91.8 Å². The lowest BCUT2D eigenvalue weighted by molar-refractivity contribution is -0.114. The molecule has 3 N–H and O–H groups in total. The minimum absolute atomic E-state index is 0.0351. The molecule has 1 fully saturated rings. The van der Waals surface area contributed by atoms with E-state index in [0.29, 0.717) is 28.5 Å². The van der Waals surface area contributed by atoms with E-state index in [4.69, 9.17) is 16.3 Å². The number of halogens is 1. The van der Waals surface area contributed by atoms with Gasteiger partial charge in [0.15, 0.2) is 0 Å². The number of hydrogen-bond donors (Lipinski definition) is 3. The molecule has 0 radical (unpaired) electrons. The first kappa shape index (κ1) is 22.8. The van der Waals surface area contributed by atoms with Crippen molar-refractivity contribution in [1.82, 2.24) is 5.32 Å². The van der Waals surface area contributed by atoms with Crippen molar-refractivity contribution in [2.24, 2.45) is 4.99 Å². The summed E-state index contributed by atoms with van der Waals surface area (Å²) in [7, 11) is 0. The average Bonchev–Trinajstić information content (AvgIpc) is 3.23. The Morgan fingerprint density at radius 1 is 1.13 bits per heavy atom. The second-order valence-electron chi connectivity index (χ2n) is 7.60. The molecule has 2 aromatic rings. The number of carbonyl (C=O) groups is 2. The third kappa shape index (κ3) is 6.54. The van der Waals surface area contributed by atoms with Gasteiger partial charge in [-0.15, -0.1) is 0 Å². The molecule has 1 aliphatic rings. The van der Waals surface area contributed by atoms with Gasteiger partial charge in [0, 0.05) is 24.8 Å². The predicted molar refractivity (Wildman–Crippen MR) is 124 cm³/mol. The maximum Gasteiger partial charge on any atom is 0.258 e. The predicted octanol–water partition coefficient (Wildman–Crippen LogP) is 4.29. The van der Waals surface area contributed by atoms with Crippen LogP contribution in [0, 0.1) is 13.8 Å². The SMILES string of the molecule is CC(=O)Nc1cc(C(=O)NC(=NC[C@@H]2CCCO2)Nc2ccc(C)cc2Cl)ccc1C. The van der Waals surface area contributed by atoms with Gasteiger partial charge in [-0.05, 0) is 62.1 Å². The van der Waals surface area contributed by atoms with Crippen molar-refractivity contribution in [3.05, 3.63) is 58.1 Å². The maximum absolute atomic E-state index is 12.9. The Morgan fingerprint density at radius 2 is 1.94 bits per heavy atom. The highest BCUT2D eigenvalue weighted by atomic mass is 35.5. The average molecular weight is 443 g/mol. The lowest BCUT2D eigenvalue weighted by Crippen LogP contribution is -2.37.